The summed E-state index contributed by atoms with van der Waals surface area (Å²) in [7, 11) is 0. The van der Waals surface area contributed by atoms with Crippen LogP contribution in [0.2, 0.25) is 0 Å². The Bertz CT molecular complexity index is 197. The number of hydrogen-bond acceptors (Lipinski definition) is 3. The molecule has 0 heterocycles. The van der Waals surface area contributed by atoms with Gasteiger partial charge in [-0.05, 0) is 39.8 Å². The molecule has 0 saturated carbocycles. The van der Waals surface area contributed by atoms with Gasteiger partial charge in [0.25, 0.3) is 0 Å². The van der Waals surface area contributed by atoms with E-state index in [1.807, 2.05) is 26.0 Å². The normalized spacial score (nSPS) is 15.7. The van der Waals surface area contributed by atoms with Gasteiger partial charge in [-0.3, -0.25) is 0 Å². The summed E-state index contributed by atoms with van der Waals surface area (Å²) in [6.45, 7) is 7.30. The Labute approximate surface area is 85.4 Å². The van der Waals surface area contributed by atoms with Crippen molar-refractivity contribution in [3.63, 3.8) is 0 Å². The van der Waals surface area contributed by atoms with Gasteiger partial charge in [-0.25, -0.2) is 4.79 Å². The van der Waals surface area contributed by atoms with Crippen molar-refractivity contribution in [3.8, 4) is 0 Å². The summed E-state index contributed by atoms with van der Waals surface area (Å²) < 4.78 is 9.85. The third kappa shape index (κ3) is 6.29. The molecule has 0 spiro atoms. The Morgan fingerprint density at radius 3 is 1.64 bits per heavy atom. The fourth-order valence-corrected chi connectivity index (χ4v) is 0.952. The van der Waals surface area contributed by atoms with Crippen LogP contribution in [0, 0.1) is 0 Å². The standard InChI is InChI=1S/C11H18O3/c1-5-7-9(3)13-11(12)14-10(4)8-6-2/h5-10H,1-4H3. The van der Waals surface area contributed by atoms with E-state index < -0.39 is 6.16 Å². The smallest absolute Gasteiger partial charge is 0.427 e. The summed E-state index contributed by atoms with van der Waals surface area (Å²) in [5, 5.41) is 0. The van der Waals surface area contributed by atoms with Crippen molar-refractivity contribution < 1.29 is 14.3 Å². The first kappa shape index (κ1) is 12.8. The summed E-state index contributed by atoms with van der Waals surface area (Å²) in [6.07, 6.45) is 6.08. The monoisotopic (exact) mass is 198 g/mol. The molecule has 0 aromatic carbocycles. The molecule has 0 aliphatic rings. The second-order valence-corrected chi connectivity index (χ2v) is 2.95. The van der Waals surface area contributed by atoms with E-state index in [1.54, 1.807) is 26.0 Å². The topological polar surface area (TPSA) is 35.5 Å². The molecule has 0 fully saturated rings. The first-order valence-electron chi connectivity index (χ1n) is 4.73. The lowest BCUT2D eigenvalue weighted by atomic mass is 10.3. The Hall–Kier alpha value is -1.25. The van der Waals surface area contributed by atoms with Crippen molar-refractivity contribution in [1.82, 2.24) is 0 Å². The van der Waals surface area contributed by atoms with Crippen LogP contribution in [0.25, 0.3) is 0 Å². The molecule has 0 aromatic heterocycles. The van der Waals surface area contributed by atoms with Crippen LogP contribution < -0.4 is 0 Å². The van der Waals surface area contributed by atoms with Gasteiger partial charge in [-0.2, -0.15) is 0 Å². The van der Waals surface area contributed by atoms with Crippen molar-refractivity contribution in [3.05, 3.63) is 24.3 Å². The van der Waals surface area contributed by atoms with Crippen LogP contribution in [0.5, 0.6) is 0 Å². The molecule has 0 bridgehead atoms. The zero-order valence-electron chi connectivity index (χ0n) is 9.19. The lowest BCUT2D eigenvalue weighted by Crippen LogP contribution is -2.18. The van der Waals surface area contributed by atoms with Crippen LogP contribution >= 0.6 is 0 Å². The lowest BCUT2D eigenvalue weighted by molar-refractivity contribution is 0.0297. The van der Waals surface area contributed by atoms with Gasteiger partial charge < -0.3 is 9.47 Å². The average molecular weight is 198 g/mol. The Kier molecular flexibility index (Phi) is 6.54. The fraction of sp³-hybridized carbons (Fsp3) is 0.545. The highest BCUT2D eigenvalue weighted by Gasteiger charge is 2.10. The van der Waals surface area contributed by atoms with Crippen LogP contribution in [0.3, 0.4) is 0 Å². The maximum atomic E-state index is 11.1. The highest BCUT2D eigenvalue weighted by molar-refractivity contribution is 5.60. The quantitative estimate of drug-likeness (QED) is 0.514. The van der Waals surface area contributed by atoms with E-state index in [9.17, 15) is 4.79 Å². The van der Waals surface area contributed by atoms with Crippen molar-refractivity contribution in [2.75, 3.05) is 0 Å². The highest BCUT2D eigenvalue weighted by Crippen LogP contribution is 2.00. The first-order chi connectivity index (χ1) is 6.60. The molecule has 14 heavy (non-hydrogen) atoms. The van der Waals surface area contributed by atoms with E-state index in [0.717, 1.165) is 0 Å². The molecule has 3 heteroatoms. The Morgan fingerprint density at radius 1 is 1.00 bits per heavy atom. The summed E-state index contributed by atoms with van der Waals surface area (Å²) >= 11 is 0. The molecular weight excluding hydrogens is 180 g/mol. The third-order valence-electron chi connectivity index (χ3n) is 1.49. The number of carbonyl (C=O) groups is 1. The third-order valence-corrected chi connectivity index (χ3v) is 1.49. The molecule has 3 nitrogen and oxygen atoms in total. The van der Waals surface area contributed by atoms with Crippen LogP contribution in [-0.4, -0.2) is 18.4 Å². The first-order valence-corrected chi connectivity index (χ1v) is 4.73. The van der Waals surface area contributed by atoms with Crippen LogP contribution in [-0.2, 0) is 9.47 Å². The SMILES string of the molecule is CC=CC(C)OC(=O)OC(C)C=CC. The van der Waals surface area contributed by atoms with E-state index in [4.69, 9.17) is 9.47 Å². The predicted molar refractivity (Wildman–Crippen MR) is 56.1 cm³/mol. The molecule has 0 rings (SSSR count). The van der Waals surface area contributed by atoms with Crippen molar-refractivity contribution in [2.24, 2.45) is 0 Å². The number of rotatable bonds is 4. The Morgan fingerprint density at radius 2 is 1.36 bits per heavy atom. The molecule has 0 radical (unpaired) electrons. The van der Waals surface area contributed by atoms with E-state index in [2.05, 4.69) is 0 Å². The van der Waals surface area contributed by atoms with Crippen LogP contribution in [0.1, 0.15) is 27.7 Å². The van der Waals surface area contributed by atoms with Gasteiger partial charge in [-0.15, -0.1) is 0 Å². The number of ether oxygens (including phenoxy) is 2. The minimum absolute atomic E-state index is 0.245. The maximum absolute atomic E-state index is 11.1. The molecule has 0 aliphatic heterocycles. The number of allylic oxidation sites excluding steroid dienone is 2. The number of carbonyl (C=O) groups excluding carboxylic acids is 1. The molecule has 0 aromatic rings. The van der Waals surface area contributed by atoms with E-state index in [0.29, 0.717) is 0 Å². The zero-order valence-corrected chi connectivity index (χ0v) is 9.19. The summed E-state index contributed by atoms with van der Waals surface area (Å²) in [4.78, 5) is 11.1. The van der Waals surface area contributed by atoms with Gasteiger partial charge >= 0.3 is 6.16 Å². The minimum Gasteiger partial charge on any atom is -0.427 e. The number of hydrogen-bond donors (Lipinski definition) is 0. The summed E-state index contributed by atoms with van der Waals surface area (Å²) in [5.74, 6) is 0. The largest absolute Gasteiger partial charge is 0.509 e. The summed E-state index contributed by atoms with van der Waals surface area (Å²) in [5.41, 5.74) is 0. The molecular formula is C11H18O3. The van der Waals surface area contributed by atoms with Crippen molar-refractivity contribution in [2.45, 2.75) is 39.9 Å². The van der Waals surface area contributed by atoms with Crippen LogP contribution in [0.15, 0.2) is 24.3 Å². The van der Waals surface area contributed by atoms with Gasteiger partial charge in [0.05, 0.1) is 0 Å². The minimum atomic E-state index is -0.638. The van der Waals surface area contributed by atoms with E-state index >= 15 is 0 Å². The van der Waals surface area contributed by atoms with E-state index in [1.165, 1.54) is 0 Å². The fourth-order valence-electron chi connectivity index (χ4n) is 0.952. The lowest BCUT2D eigenvalue weighted by Gasteiger charge is -2.11. The average Bonchev–Trinajstić information content (AvgIpc) is 2.03. The van der Waals surface area contributed by atoms with Gasteiger partial charge in [-0.1, -0.05) is 12.2 Å². The zero-order chi connectivity index (χ0) is 11.0. The highest BCUT2D eigenvalue weighted by atomic mass is 16.7. The van der Waals surface area contributed by atoms with Gasteiger partial charge in [0.2, 0.25) is 0 Å². The van der Waals surface area contributed by atoms with E-state index in [-0.39, 0.29) is 12.2 Å². The maximum Gasteiger partial charge on any atom is 0.509 e. The van der Waals surface area contributed by atoms with Crippen molar-refractivity contribution >= 4 is 6.16 Å². The predicted octanol–water partition coefficient (Wildman–Crippen LogP) is 3.07. The van der Waals surface area contributed by atoms with Crippen LogP contribution in [0.4, 0.5) is 4.79 Å². The molecule has 0 amide bonds. The molecule has 0 aliphatic carbocycles. The van der Waals surface area contributed by atoms with Gasteiger partial charge in [0.1, 0.15) is 12.2 Å². The second kappa shape index (κ2) is 7.18. The summed E-state index contributed by atoms with van der Waals surface area (Å²) in [6, 6.07) is 0. The molecule has 80 valence electrons. The Balaban J connectivity index is 3.86. The second-order valence-electron chi connectivity index (χ2n) is 2.95. The van der Waals surface area contributed by atoms with Crippen molar-refractivity contribution in [1.29, 1.82) is 0 Å². The molecule has 0 saturated heterocycles. The molecule has 2 unspecified atom stereocenters. The van der Waals surface area contributed by atoms with Gasteiger partial charge in [0, 0.05) is 0 Å². The van der Waals surface area contributed by atoms with Gasteiger partial charge in [0.15, 0.2) is 0 Å². The molecule has 2 atom stereocenters. The molecule has 0 N–H and O–H groups in total.